The van der Waals surface area contributed by atoms with Crippen LogP contribution in [-0.4, -0.2) is 26.7 Å². The maximum absolute atomic E-state index is 12.2. The van der Waals surface area contributed by atoms with Gasteiger partial charge in [0.25, 0.3) is 5.91 Å². The second-order valence-electron chi connectivity index (χ2n) is 4.45. The molecule has 9 heteroatoms. The van der Waals surface area contributed by atoms with Gasteiger partial charge >= 0.3 is 5.97 Å². The second kappa shape index (κ2) is 5.41. The van der Waals surface area contributed by atoms with Gasteiger partial charge in [0.15, 0.2) is 3.95 Å². The molecular weight excluding hydrogens is 392 g/mol. The van der Waals surface area contributed by atoms with Crippen molar-refractivity contribution in [2.75, 3.05) is 0 Å². The smallest absolute Gasteiger partial charge is 0.323 e. The topological polar surface area (TPSA) is 91.9 Å². The van der Waals surface area contributed by atoms with E-state index in [-0.39, 0.29) is 20.3 Å². The van der Waals surface area contributed by atoms with E-state index in [0.29, 0.717) is 10.6 Å². The first-order chi connectivity index (χ1) is 10.4. The average molecular weight is 399 g/mol. The highest BCUT2D eigenvalue weighted by atomic mass is 79.9. The lowest BCUT2D eigenvalue weighted by molar-refractivity contribution is -0.137. The van der Waals surface area contributed by atoms with Gasteiger partial charge in [-0.2, -0.15) is 0 Å². The Labute approximate surface area is 140 Å². The van der Waals surface area contributed by atoms with E-state index in [1.165, 1.54) is 0 Å². The molecule has 1 aliphatic rings. The van der Waals surface area contributed by atoms with Crippen molar-refractivity contribution in [2.45, 2.75) is 6.54 Å². The molecule has 0 bridgehead atoms. The highest BCUT2D eigenvalue weighted by molar-refractivity contribution is 9.10. The summed E-state index contributed by atoms with van der Waals surface area (Å²) in [5.41, 5.74) is 0.231. The van der Waals surface area contributed by atoms with Crippen molar-refractivity contribution in [3.8, 4) is 5.88 Å². The number of carbonyl (C=O) groups is 2. The second-order valence-corrected chi connectivity index (χ2v) is 7.01. The first kappa shape index (κ1) is 15.1. The molecule has 0 aliphatic carbocycles. The van der Waals surface area contributed by atoms with Crippen LogP contribution < -0.4 is 10.6 Å². The number of carboxylic acid groups (broad SMARTS) is 1. The summed E-state index contributed by atoms with van der Waals surface area (Å²) in [6.45, 7) is -0.467. The predicted octanol–water partition coefficient (Wildman–Crippen LogP) is 1.19. The summed E-state index contributed by atoms with van der Waals surface area (Å²) >= 11 is 9.38. The molecule has 0 fully saturated rings. The summed E-state index contributed by atoms with van der Waals surface area (Å²) in [7, 11) is 0. The van der Waals surface area contributed by atoms with E-state index in [1.807, 2.05) is 0 Å². The number of benzene rings is 1. The van der Waals surface area contributed by atoms with Gasteiger partial charge in [-0.3, -0.25) is 14.2 Å². The molecule has 6 nitrogen and oxygen atoms in total. The average Bonchev–Trinajstić information content (AvgIpc) is 2.88. The van der Waals surface area contributed by atoms with E-state index in [9.17, 15) is 14.7 Å². The van der Waals surface area contributed by atoms with E-state index in [4.69, 9.17) is 17.3 Å². The predicted molar refractivity (Wildman–Crippen MR) is 84.9 cm³/mol. The van der Waals surface area contributed by atoms with Crippen LogP contribution in [0.3, 0.4) is 0 Å². The summed E-state index contributed by atoms with van der Waals surface area (Å²) in [6.07, 6.45) is 0. The molecular formula is C13H7BrN2O4S2. The van der Waals surface area contributed by atoms with Crippen LogP contribution in [0.15, 0.2) is 27.7 Å². The number of hydrogen-bond acceptors (Lipinski definition) is 5. The van der Waals surface area contributed by atoms with E-state index < -0.39 is 18.4 Å². The summed E-state index contributed by atoms with van der Waals surface area (Å²) in [6, 6.07) is 5.17. The fourth-order valence-corrected chi connectivity index (χ4v) is 3.84. The monoisotopic (exact) mass is 398 g/mol. The number of aromatic nitrogens is 1. The van der Waals surface area contributed by atoms with Gasteiger partial charge in [-0.1, -0.05) is 15.9 Å². The molecule has 2 heterocycles. The highest BCUT2D eigenvalue weighted by Crippen LogP contribution is 2.32. The van der Waals surface area contributed by atoms with E-state index >= 15 is 0 Å². The summed E-state index contributed by atoms with van der Waals surface area (Å²) in [4.78, 5) is 27.2. The number of fused-ring (bicyclic) bond motifs is 1. The van der Waals surface area contributed by atoms with Crippen molar-refractivity contribution in [3.63, 3.8) is 0 Å². The van der Waals surface area contributed by atoms with E-state index in [0.717, 1.165) is 20.4 Å². The first-order valence-corrected chi connectivity index (χ1v) is 7.98. The number of thiazole rings is 1. The number of amides is 1. The Morgan fingerprint density at radius 1 is 1.45 bits per heavy atom. The SMILES string of the molecule is O=C(O)Cn1c(O)c(C2=c3cc(Br)ccc3=NC2=O)sc1=S. The molecule has 0 saturated heterocycles. The molecule has 1 aromatic heterocycles. The number of halogens is 1. The molecule has 0 spiro atoms. The van der Waals surface area contributed by atoms with Gasteiger partial charge in [-0.15, -0.1) is 11.3 Å². The molecule has 1 amide bonds. The Bertz CT molecular complexity index is 1010. The van der Waals surface area contributed by atoms with Gasteiger partial charge in [-0.05, 0) is 30.4 Å². The third-order valence-corrected chi connectivity index (χ3v) is 5.00. The zero-order valence-corrected chi connectivity index (χ0v) is 14.0. The van der Waals surface area contributed by atoms with Crippen LogP contribution in [0.4, 0.5) is 0 Å². The lowest BCUT2D eigenvalue weighted by atomic mass is 10.1. The molecule has 1 aromatic carbocycles. The lowest BCUT2D eigenvalue weighted by Gasteiger charge is -2.01. The van der Waals surface area contributed by atoms with E-state index in [2.05, 4.69) is 20.9 Å². The van der Waals surface area contributed by atoms with Crippen molar-refractivity contribution in [3.05, 3.63) is 42.1 Å². The molecule has 1 aliphatic heterocycles. The minimum Gasteiger partial charge on any atom is -0.493 e. The molecule has 0 unspecified atom stereocenters. The van der Waals surface area contributed by atoms with Crippen molar-refractivity contribution in [1.82, 2.24) is 4.57 Å². The van der Waals surface area contributed by atoms with Gasteiger partial charge < -0.3 is 10.2 Å². The third kappa shape index (κ3) is 2.40. The quantitative estimate of drug-likeness (QED) is 0.757. The lowest BCUT2D eigenvalue weighted by Crippen LogP contribution is -2.22. The number of carbonyl (C=O) groups excluding carboxylic acids is 1. The molecule has 2 N–H and O–H groups in total. The Balaban J connectivity index is 2.31. The molecule has 0 atom stereocenters. The maximum Gasteiger partial charge on any atom is 0.323 e. The van der Waals surface area contributed by atoms with Gasteiger partial charge in [0, 0.05) is 9.69 Å². The summed E-state index contributed by atoms with van der Waals surface area (Å²) < 4.78 is 2.02. The van der Waals surface area contributed by atoms with Gasteiger partial charge in [-0.25, -0.2) is 4.99 Å². The van der Waals surface area contributed by atoms with Crippen LogP contribution in [0.1, 0.15) is 4.88 Å². The maximum atomic E-state index is 12.2. The molecule has 0 radical (unpaired) electrons. The van der Waals surface area contributed by atoms with Crippen molar-refractivity contribution in [2.24, 2.45) is 4.99 Å². The Morgan fingerprint density at radius 3 is 2.86 bits per heavy atom. The van der Waals surface area contributed by atoms with Crippen LogP contribution >= 0.6 is 39.5 Å². The Morgan fingerprint density at radius 2 is 2.18 bits per heavy atom. The number of rotatable bonds is 3. The number of aliphatic carboxylic acids is 1. The van der Waals surface area contributed by atoms with Gasteiger partial charge in [0.05, 0.1) is 10.9 Å². The molecule has 112 valence electrons. The minimum absolute atomic E-state index is 0.179. The van der Waals surface area contributed by atoms with E-state index in [1.54, 1.807) is 18.2 Å². The zero-order valence-electron chi connectivity index (χ0n) is 10.7. The summed E-state index contributed by atoms with van der Waals surface area (Å²) in [5, 5.41) is 20.2. The first-order valence-electron chi connectivity index (χ1n) is 5.96. The normalized spacial score (nSPS) is 13.1. The van der Waals surface area contributed by atoms with Gasteiger partial charge in [0.2, 0.25) is 5.88 Å². The standard InChI is InChI=1S/C13H7BrN2O4S2/c14-5-1-2-7-6(3-5)9(11(19)15-7)10-12(20)16(4-8(17)18)13(21)22-10/h1-3,20H,4H2,(H,17,18). The molecule has 2 aromatic rings. The Hall–Kier alpha value is -1.84. The molecule has 3 rings (SSSR count). The van der Waals surface area contributed by atoms with Crippen molar-refractivity contribution >= 4 is 56.9 Å². The number of nitrogens with zero attached hydrogens (tertiary/aromatic N) is 2. The van der Waals surface area contributed by atoms with Crippen LogP contribution in [0.25, 0.3) is 5.57 Å². The number of aromatic hydroxyl groups is 1. The Kier molecular flexibility index (Phi) is 3.71. The van der Waals surface area contributed by atoms with Crippen molar-refractivity contribution < 1.29 is 19.8 Å². The van der Waals surface area contributed by atoms with Gasteiger partial charge in [0.1, 0.15) is 11.4 Å². The third-order valence-electron chi connectivity index (χ3n) is 3.05. The fourth-order valence-electron chi connectivity index (χ4n) is 2.14. The minimum atomic E-state index is -1.13. The zero-order chi connectivity index (χ0) is 16.0. The van der Waals surface area contributed by atoms with Crippen molar-refractivity contribution in [1.29, 1.82) is 0 Å². The van der Waals surface area contributed by atoms with Crippen LogP contribution in [-0.2, 0) is 16.1 Å². The number of hydrogen-bond donors (Lipinski definition) is 2. The fraction of sp³-hybridized carbons (Fsp3) is 0.0769. The molecule has 22 heavy (non-hydrogen) atoms. The van der Waals surface area contributed by atoms with Crippen LogP contribution in [0, 0.1) is 3.95 Å². The summed E-state index contributed by atoms with van der Waals surface area (Å²) in [5.74, 6) is -1.95. The molecule has 0 saturated carbocycles. The van der Waals surface area contributed by atoms with Crippen LogP contribution in [0.5, 0.6) is 5.88 Å². The van der Waals surface area contributed by atoms with Crippen LogP contribution in [0.2, 0.25) is 0 Å². The largest absolute Gasteiger partial charge is 0.493 e. The highest BCUT2D eigenvalue weighted by Gasteiger charge is 2.25. The number of carboxylic acids is 1.